The fraction of sp³-hybridized carbons (Fsp3) is 0.375. The van der Waals surface area contributed by atoms with Crippen LogP contribution in [0, 0.1) is 11.2 Å². The van der Waals surface area contributed by atoms with Crippen molar-refractivity contribution < 1.29 is 13.9 Å². The molecule has 1 atom stereocenters. The predicted molar refractivity (Wildman–Crippen MR) is 121 cm³/mol. The van der Waals surface area contributed by atoms with E-state index in [0.29, 0.717) is 31.5 Å². The number of imidazole rings is 1. The van der Waals surface area contributed by atoms with Crippen LogP contribution in [0.5, 0.6) is 0 Å². The lowest BCUT2D eigenvalue weighted by Gasteiger charge is -2.36. The van der Waals surface area contributed by atoms with Crippen LogP contribution in [-0.4, -0.2) is 45.0 Å². The first-order valence-electron chi connectivity index (χ1n) is 10.6. The van der Waals surface area contributed by atoms with Crippen molar-refractivity contribution in [2.75, 3.05) is 25.0 Å². The molecule has 8 heteroatoms. The summed E-state index contributed by atoms with van der Waals surface area (Å²) in [5.74, 6) is 1.08. The second-order valence-corrected chi connectivity index (χ2v) is 8.97. The third kappa shape index (κ3) is 4.65. The largest absolute Gasteiger partial charge is 0.368 e. The summed E-state index contributed by atoms with van der Waals surface area (Å²) in [7, 11) is 1.89. The van der Waals surface area contributed by atoms with E-state index in [2.05, 4.69) is 10.3 Å². The van der Waals surface area contributed by atoms with Gasteiger partial charge in [0.05, 0.1) is 30.7 Å². The number of ether oxygens (including phenoxy) is 1. The molecule has 168 valence electrons. The molecule has 2 aromatic heterocycles. The minimum atomic E-state index is -0.431. The van der Waals surface area contributed by atoms with Crippen LogP contribution in [0.3, 0.4) is 0 Å². The molecule has 0 radical (unpaired) electrons. The van der Waals surface area contributed by atoms with Crippen molar-refractivity contribution in [2.45, 2.75) is 26.9 Å². The number of nitrogens with one attached hydrogen (secondary N) is 1. The maximum absolute atomic E-state index is 13.2. The van der Waals surface area contributed by atoms with E-state index in [0.717, 1.165) is 17.0 Å². The molecule has 1 aromatic carbocycles. The zero-order valence-electron chi connectivity index (χ0n) is 18.8. The van der Waals surface area contributed by atoms with E-state index < -0.39 is 5.41 Å². The van der Waals surface area contributed by atoms with Crippen molar-refractivity contribution in [3.8, 4) is 11.3 Å². The normalized spacial score (nSPS) is 16.8. The van der Waals surface area contributed by atoms with Gasteiger partial charge in [-0.3, -0.25) is 4.79 Å². The van der Waals surface area contributed by atoms with E-state index in [1.54, 1.807) is 18.3 Å². The van der Waals surface area contributed by atoms with Crippen molar-refractivity contribution in [2.24, 2.45) is 12.5 Å². The first kappa shape index (κ1) is 22.0. The number of nitrogens with zero attached hydrogens (tertiary/aromatic N) is 4. The van der Waals surface area contributed by atoms with Gasteiger partial charge in [0.25, 0.3) is 0 Å². The molecule has 0 unspecified atom stereocenters. The molecule has 0 spiro atoms. The quantitative estimate of drug-likeness (QED) is 0.659. The van der Waals surface area contributed by atoms with Gasteiger partial charge >= 0.3 is 0 Å². The maximum Gasteiger partial charge on any atom is 0.228 e. The molecule has 1 amide bonds. The molecule has 7 nitrogen and oxygen atoms in total. The Bertz CT molecular complexity index is 1100. The van der Waals surface area contributed by atoms with E-state index in [-0.39, 0.29) is 17.8 Å². The number of pyridine rings is 1. The highest BCUT2D eigenvalue weighted by Gasteiger charge is 2.32. The smallest absolute Gasteiger partial charge is 0.228 e. The summed E-state index contributed by atoms with van der Waals surface area (Å²) >= 11 is 0. The Balaban J connectivity index is 1.50. The molecule has 1 saturated heterocycles. The molecular formula is C24H28FN5O2. The number of amides is 1. The number of anilines is 2. The van der Waals surface area contributed by atoms with Crippen LogP contribution >= 0.6 is 0 Å². The van der Waals surface area contributed by atoms with Gasteiger partial charge < -0.3 is 19.5 Å². The van der Waals surface area contributed by atoms with Crippen LogP contribution in [0.15, 0.2) is 48.7 Å². The van der Waals surface area contributed by atoms with Crippen LogP contribution in [0.4, 0.5) is 16.2 Å². The molecule has 3 heterocycles. The number of carbonyl (C=O) groups excluding carboxylic acids is 1. The van der Waals surface area contributed by atoms with E-state index in [1.165, 1.54) is 12.1 Å². The molecule has 32 heavy (non-hydrogen) atoms. The molecule has 3 aromatic rings. The second-order valence-electron chi connectivity index (χ2n) is 8.97. The molecular weight excluding hydrogens is 409 g/mol. The van der Waals surface area contributed by atoms with Crippen LogP contribution in [-0.2, 0) is 16.6 Å². The first-order chi connectivity index (χ1) is 15.2. The number of carbonyl (C=O) groups is 1. The third-order valence-corrected chi connectivity index (χ3v) is 5.46. The average Bonchev–Trinajstić information content (AvgIpc) is 3.13. The molecule has 0 saturated carbocycles. The molecule has 0 bridgehead atoms. The summed E-state index contributed by atoms with van der Waals surface area (Å²) in [6, 6.07) is 12.0. The first-order valence-corrected chi connectivity index (χ1v) is 10.6. The van der Waals surface area contributed by atoms with Crippen molar-refractivity contribution in [3.05, 3.63) is 60.2 Å². The van der Waals surface area contributed by atoms with Gasteiger partial charge in [-0.25, -0.2) is 14.4 Å². The number of hydrogen-bond acceptors (Lipinski definition) is 5. The average molecular weight is 438 g/mol. The van der Waals surface area contributed by atoms with Gasteiger partial charge in [-0.05, 0) is 36.4 Å². The number of aromatic nitrogens is 3. The molecule has 1 fully saturated rings. The van der Waals surface area contributed by atoms with Gasteiger partial charge in [0.1, 0.15) is 17.7 Å². The Kier molecular flexibility index (Phi) is 5.97. The number of morpholine rings is 1. The topological polar surface area (TPSA) is 72.3 Å². The predicted octanol–water partition coefficient (Wildman–Crippen LogP) is 4.31. The number of hydrogen-bond donors (Lipinski definition) is 1. The van der Waals surface area contributed by atoms with Crippen LogP contribution in [0.1, 0.15) is 32.6 Å². The molecule has 1 N–H and O–H groups in total. The maximum atomic E-state index is 13.2. The van der Waals surface area contributed by atoms with Crippen molar-refractivity contribution in [1.82, 2.24) is 19.4 Å². The summed E-state index contributed by atoms with van der Waals surface area (Å²) in [6.07, 6.45) is 1.45. The molecule has 1 aliphatic heterocycles. The summed E-state index contributed by atoms with van der Waals surface area (Å²) in [5.41, 5.74) is 2.06. The zero-order valence-corrected chi connectivity index (χ0v) is 18.8. The Morgan fingerprint density at radius 1 is 1.19 bits per heavy atom. The minimum absolute atomic E-state index is 0.112. The van der Waals surface area contributed by atoms with Crippen LogP contribution in [0.2, 0.25) is 0 Å². The van der Waals surface area contributed by atoms with Crippen molar-refractivity contribution >= 4 is 17.7 Å². The van der Waals surface area contributed by atoms with E-state index in [1.807, 2.05) is 55.5 Å². The Morgan fingerprint density at radius 2 is 1.94 bits per heavy atom. The Morgan fingerprint density at radius 3 is 2.66 bits per heavy atom. The molecule has 1 aliphatic rings. The SMILES string of the molecule is Cn1c(-c2ccc(F)cc2)cnc1Nc1cccc([C@H]2CN(C(=O)C(C)(C)C)CCO2)n1. The zero-order chi connectivity index (χ0) is 22.9. The Labute approximate surface area is 187 Å². The second kappa shape index (κ2) is 8.70. The third-order valence-electron chi connectivity index (χ3n) is 5.46. The van der Waals surface area contributed by atoms with Gasteiger partial charge in [0.15, 0.2) is 0 Å². The van der Waals surface area contributed by atoms with Gasteiger partial charge in [-0.1, -0.05) is 26.8 Å². The number of rotatable bonds is 4. The van der Waals surface area contributed by atoms with Crippen LogP contribution in [0.25, 0.3) is 11.3 Å². The lowest BCUT2D eigenvalue weighted by molar-refractivity contribution is -0.147. The fourth-order valence-corrected chi connectivity index (χ4v) is 3.72. The number of halogens is 1. The summed E-state index contributed by atoms with van der Waals surface area (Å²) in [4.78, 5) is 23.7. The van der Waals surface area contributed by atoms with Crippen molar-refractivity contribution in [3.63, 3.8) is 0 Å². The monoisotopic (exact) mass is 437 g/mol. The van der Waals surface area contributed by atoms with Crippen LogP contribution < -0.4 is 5.32 Å². The van der Waals surface area contributed by atoms with E-state index >= 15 is 0 Å². The summed E-state index contributed by atoms with van der Waals surface area (Å²) < 4.78 is 21.1. The lowest BCUT2D eigenvalue weighted by atomic mass is 9.94. The highest BCUT2D eigenvalue weighted by molar-refractivity contribution is 5.81. The minimum Gasteiger partial charge on any atom is -0.368 e. The van der Waals surface area contributed by atoms with E-state index in [4.69, 9.17) is 9.72 Å². The number of benzene rings is 1. The summed E-state index contributed by atoms with van der Waals surface area (Å²) in [6.45, 7) is 7.32. The molecule has 4 rings (SSSR count). The highest BCUT2D eigenvalue weighted by Crippen LogP contribution is 2.27. The van der Waals surface area contributed by atoms with Gasteiger partial charge in [0, 0.05) is 24.6 Å². The van der Waals surface area contributed by atoms with Crippen molar-refractivity contribution in [1.29, 1.82) is 0 Å². The van der Waals surface area contributed by atoms with Gasteiger partial charge in [-0.15, -0.1) is 0 Å². The van der Waals surface area contributed by atoms with Gasteiger partial charge in [-0.2, -0.15) is 0 Å². The lowest BCUT2D eigenvalue weighted by Crippen LogP contribution is -2.47. The van der Waals surface area contributed by atoms with Gasteiger partial charge in [0.2, 0.25) is 11.9 Å². The van der Waals surface area contributed by atoms with E-state index in [9.17, 15) is 9.18 Å². The Hall–Kier alpha value is -3.26. The summed E-state index contributed by atoms with van der Waals surface area (Å²) in [5, 5.41) is 3.24. The molecule has 0 aliphatic carbocycles. The standard InChI is InChI=1S/C24H28FN5O2/c1-24(2,3)22(31)30-12-13-32-20(15-30)18-6-5-7-21(27-18)28-23-26-14-19(29(23)4)16-8-10-17(25)11-9-16/h5-11,14,20H,12-13,15H2,1-4H3,(H,26,27,28)/t20-/m1/s1. The highest BCUT2D eigenvalue weighted by atomic mass is 19.1. The fourth-order valence-electron chi connectivity index (χ4n) is 3.72.